The van der Waals surface area contributed by atoms with Crippen molar-refractivity contribution in [3.8, 4) is 5.75 Å². The molecule has 1 aliphatic heterocycles. The summed E-state index contributed by atoms with van der Waals surface area (Å²) in [6.45, 7) is 0.854. The molecule has 0 saturated carbocycles. The number of carboxylic acids is 1. The lowest BCUT2D eigenvalue weighted by atomic mass is 9.91. The van der Waals surface area contributed by atoms with Crippen LogP contribution in [0.25, 0.3) is 10.9 Å². The molecule has 34 heavy (non-hydrogen) atoms. The highest BCUT2D eigenvalue weighted by Gasteiger charge is 2.28. The minimum atomic E-state index is -1.36. The van der Waals surface area contributed by atoms with Crippen LogP contribution in [0.3, 0.4) is 0 Å². The Morgan fingerprint density at radius 1 is 1.29 bits per heavy atom. The Balaban J connectivity index is 1.93. The van der Waals surface area contributed by atoms with E-state index >= 15 is 0 Å². The maximum absolute atomic E-state index is 14.6. The second-order valence-corrected chi connectivity index (χ2v) is 8.76. The number of nitrogens with zero attached hydrogens (tertiary/aromatic N) is 1. The number of aliphatic hydroxyl groups is 1. The van der Waals surface area contributed by atoms with E-state index in [0.717, 1.165) is 0 Å². The molecule has 0 aliphatic carbocycles. The summed E-state index contributed by atoms with van der Waals surface area (Å²) in [7, 11) is 1.47. The summed E-state index contributed by atoms with van der Waals surface area (Å²) in [6, 6.07) is 7.39. The van der Waals surface area contributed by atoms with Crippen molar-refractivity contribution in [2.45, 2.75) is 25.3 Å². The number of hydrogen-bond acceptors (Lipinski definition) is 5. The molecule has 4 rings (SSSR count). The predicted molar refractivity (Wildman–Crippen MR) is 126 cm³/mol. The van der Waals surface area contributed by atoms with Gasteiger partial charge in [0, 0.05) is 37.3 Å². The predicted octanol–water partition coefficient (Wildman–Crippen LogP) is 4.05. The third kappa shape index (κ3) is 4.53. The first kappa shape index (κ1) is 24.2. The second-order valence-electron chi connectivity index (χ2n) is 8.35. The van der Waals surface area contributed by atoms with Gasteiger partial charge in [0.15, 0.2) is 0 Å². The molecule has 2 aromatic carbocycles. The van der Waals surface area contributed by atoms with Crippen LogP contribution in [-0.4, -0.2) is 47.7 Å². The molecule has 1 unspecified atom stereocenters. The molecule has 1 aromatic heterocycles. The van der Waals surface area contributed by atoms with Crippen molar-refractivity contribution in [3.63, 3.8) is 0 Å². The van der Waals surface area contributed by atoms with E-state index in [0.29, 0.717) is 48.4 Å². The van der Waals surface area contributed by atoms with Crippen LogP contribution < -0.4 is 10.2 Å². The fourth-order valence-electron chi connectivity index (χ4n) is 4.63. The van der Waals surface area contributed by atoms with E-state index in [4.69, 9.17) is 21.1 Å². The highest BCUT2D eigenvalue weighted by atomic mass is 35.5. The normalized spacial score (nSPS) is 15.4. The molecule has 2 heterocycles. The van der Waals surface area contributed by atoms with E-state index in [-0.39, 0.29) is 29.4 Å². The maximum Gasteiger partial charge on any atom is 0.341 e. The van der Waals surface area contributed by atoms with Crippen LogP contribution in [0.5, 0.6) is 5.75 Å². The molecule has 180 valence electrons. The number of ether oxygens (including phenoxy) is 2. The van der Waals surface area contributed by atoms with Gasteiger partial charge in [-0.25, -0.2) is 9.18 Å². The molecule has 2 N–H and O–H groups in total. The van der Waals surface area contributed by atoms with Gasteiger partial charge >= 0.3 is 5.97 Å². The van der Waals surface area contributed by atoms with Gasteiger partial charge < -0.3 is 24.3 Å². The summed E-state index contributed by atoms with van der Waals surface area (Å²) in [5.41, 5.74) is 0.206. The van der Waals surface area contributed by atoms with Gasteiger partial charge in [0.25, 0.3) is 0 Å². The number of methoxy groups -OCH3 is 1. The highest BCUT2D eigenvalue weighted by molar-refractivity contribution is 6.30. The van der Waals surface area contributed by atoms with Crippen LogP contribution in [0.15, 0.2) is 41.3 Å². The molecule has 0 bridgehead atoms. The summed E-state index contributed by atoms with van der Waals surface area (Å²) >= 11 is 5.92. The molecule has 0 spiro atoms. The number of halogens is 2. The van der Waals surface area contributed by atoms with Gasteiger partial charge in [0.2, 0.25) is 5.43 Å². The molecule has 1 aliphatic rings. The number of rotatable bonds is 7. The van der Waals surface area contributed by atoms with Crippen LogP contribution in [0, 0.1) is 11.7 Å². The number of aliphatic hydroxyl groups excluding tert-OH is 1. The van der Waals surface area contributed by atoms with Crippen molar-refractivity contribution in [1.82, 2.24) is 4.57 Å². The highest BCUT2D eigenvalue weighted by Crippen LogP contribution is 2.34. The number of hydrogen-bond donors (Lipinski definition) is 2. The van der Waals surface area contributed by atoms with Gasteiger partial charge in [0.05, 0.1) is 30.3 Å². The molecule has 1 saturated heterocycles. The number of fused-ring (bicyclic) bond motifs is 1. The van der Waals surface area contributed by atoms with Crippen LogP contribution in [0.2, 0.25) is 5.02 Å². The van der Waals surface area contributed by atoms with Crippen molar-refractivity contribution < 1.29 is 28.9 Å². The average Bonchev–Trinajstić information content (AvgIpc) is 2.84. The molecular weight excluding hydrogens is 465 g/mol. The Morgan fingerprint density at radius 3 is 2.68 bits per heavy atom. The van der Waals surface area contributed by atoms with Gasteiger partial charge in [-0.15, -0.1) is 0 Å². The Labute approximate surface area is 200 Å². The standard InChI is InChI=1S/C25H25ClFNO6/c1-33-22-11-20-17(10-16(22)9-15-3-2-4-19(26)23(15)27)24(30)18(25(31)32)12-28(20)21(13-29)14-5-7-34-8-6-14/h2-4,10-12,14,21,29H,5-9,13H2,1H3,(H,31,32). The van der Waals surface area contributed by atoms with Crippen LogP contribution in [0.1, 0.15) is 40.4 Å². The fourth-order valence-corrected chi connectivity index (χ4v) is 4.83. The molecule has 3 aromatic rings. The third-order valence-electron chi connectivity index (χ3n) is 6.43. The number of carboxylic acid groups (broad SMARTS) is 1. The summed E-state index contributed by atoms with van der Waals surface area (Å²) < 4.78 is 27.2. The molecule has 7 nitrogen and oxygen atoms in total. The van der Waals surface area contributed by atoms with E-state index in [1.165, 1.54) is 25.4 Å². The summed E-state index contributed by atoms with van der Waals surface area (Å²) in [5, 5.41) is 20.1. The smallest absolute Gasteiger partial charge is 0.341 e. The zero-order valence-corrected chi connectivity index (χ0v) is 19.3. The van der Waals surface area contributed by atoms with Crippen molar-refractivity contribution >= 4 is 28.5 Å². The topological polar surface area (TPSA) is 98.0 Å². The van der Waals surface area contributed by atoms with E-state index in [2.05, 4.69) is 0 Å². The first-order valence-corrected chi connectivity index (χ1v) is 11.3. The zero-order valence-electron chi connectivity index (χ0n) is 18.6. The van der Waals surface area contributed by atoms with Crippen molar-refractivity contribution in [2.24, 2.45) is 5.92 Å². The van der Waals surface area contributed by atoms with Crippen molar-refractivity contribution in [3.05, 3.63) is 74.3 Å². The fraction of sp³-hybridized carbons (Fsp3) is 0.360. The lowest BCUT2D eigenvalue weighted by Gasteiger charge is -2.32. The zero-order chi connectivity index (χ0) is 24.4. The summed E-state index contributed by atoms with van der Waals surface area (Å²) in [5.74, 6) is -1.48. The van der Waals surface area contributed by atoms with Gasteiger partial charge in [-0.3, -0.25) is 4.79 Å². The minimum Gasteiger partial charge on any atom is -0.496 e. The SMILES string of the molecule is COc1cc2c(cc1Cc1cccc(Cl)c1F)c(=O)c(C(=O)O)cn2C(CO)C1CCOCC1. The van der Waals surface area contributed by atoms with Crippen LogP contribution >= 0.6 is 11.6 Å². The monoisotopic (exact) mass is 489 g/mol. The van der Waals surface area contributed by atoms with Gasteiger partial charge in [-0.05, 0) is 42.0 Å². The third-order valence-corrected chi connectivity index (χ3v) is 6.72. The molecule has 0 amide bonds. The molecule has 9 heteroatoms. The lowest BCUT2D eigenvalue weighted by molar-refractivity contribution is 0.0370. The molecule has 1 fully saturated rings. The molecular formula is C25H25ClFNO6. The Morgan fingerprint density at radius 2 is 2.03 bits per heavy atom. The van der Waals surface area contributed by atoms with Gasteiger partial charge in [0.1, 0.15) is 17.1 Å². The first-order valence-electron chi connectivity index (χ1n) is 11.0. The van der Waals surface area contributed by atoms with E-state index < -0.39 is 28.8 Å². The Bertz CT molecular complexity index is 1280. The Kier molecular flexibility index (Phi) is 7.21. The van der Waals surface area contributed by atoms with Crippen molar-refractivity contribution in [1.29, 1.82) is 0 Å². The van der Waals surface area contributed by atoms with E-state index in [1.54, 1.807) is 22.8 Å². The largest absolute Gasteiger partial charge is 0.496 e. The van der Waals surface area contributed by atoms with Gasteiger partial charge in [-0.2, -0.15) is 0 Å². The quantitative estimate of drug-likeness (QED) is 0.519. The number of aromatic nitrogens is 1. The molecule has 1 atom stereocenters. The van der Waals surface area contributed by atoms with Crippen molar-refractivity contribution in [2.75, 3.05) is 26.9 Å². The first-order chi connectivity index (χ1) is 16.3. The van der Waals surface area contributed by atoms with Gasteiger partial charge in [-0.1, -0.05) is 23.7 Å². The lowest BCUT2D eigenvalue weighted by Crippen LogP contribution is -2.30. The van der Waals surface area contributed by atoms with E-state index in [9.17, 15) is 24.2 Å². The number of benzene rings is 2. The number of aromatic carboxylic acids is 1. The average molecular weight is 490 g/mol. The minimum absolute atomic E-state index is 0.0185. The molecule has 0 radical (unpaired) electrons. The number of carbonyl (C=O) groups is 1. The summed E-state index contributed by atoms with van der Waals surface area (Å²) in [6.07, 6.45) is 2.78. The van der Waals surface area contributed by atoms with Crippen LogP contribution in [-0.2, 0) is 11.2 Å². The summed E-state index contributed by atoms with van der Waals surface area (Å²) in [4.78, 5) is 25.0. The maximum atomic E-state index is 14.6. The Hall–Kier alpha value is -2.94. The number of pyridine rings is 1. The van der Waals surface area contributed by atoms with Crippen LogP contribution in [0.4, 0.5) is 4.39 Å². The van der Waals surface area contributed by atoms with E-state index in [1.807, 2.05) is 0 Å². The second kappa shape index (κ2) is 10.1.